The van der Waals surface area contributed by atoms with Gasteiger partial charge in [0.2, 0.25) is 0 Å². The Morgan fingerprint density at radius 1 is 1.50 bits per heavy atom. The molecule has 88 valence electrons. The normalized spacial score (nSPS) is 20.0. The summed E-state index contributed by atoms with van der Waals surface area (Å²) in [5, 5.41) is 1.43. The van der Waals surface area contributed by atoms with Gasteiger partial charge in [-0.15, -0.1) is 0 Å². The van der Waals surface area contributed by atoms with E-state index in [1.807, 2.05) is 18.2 Å². The van der Waals surface area contributed by atoms with Gasteiger partial charge < -0.3 is 9.47 Å². The van der Waals surface area contributed by atoms with Crippen molar-refractivity contribution in [2.45, 2.75) is 11.8 Å². The van der Waals surface area contributed by atoms with Crippen LogP contribution in [0.25, 0.3) is 0 Å². The molecule has 1 fully saturated rings. The molecule has 1 aromatic rings. The molecule has 1 aliphatic heterocycles. The van der Waals surface area contributed by atoms with Crippen LogP contribution in [0.3, 0.4) is 0 Å². The van der Waals surface area contributed by atoms with Gasteiger partial charge in [0, 0.05) is 23.4 Å². The minimum atomic E-state index is 0.499. The van der Waals surface area contributed by atoms with Crippen molar-refractivity contribution in [1.29, 1.82) is 0 Å². The van der Waals surface area contributed by atoms with Gasteiger partial charge in [-0.2, -0.15) is 0 Å². The molecule has 1 atom stereocenters. The van der Waals surface area contributed by atoms with Crippen molar-refractivity contribution in [2.75, 3.05) is 19.8 Å². The molecular formula is C12H14BrClO2. The monoisotopic (exact) mass is 304 g/mol. The van der Waals surface area contributed by atoms with E-state index in [-0.39, 0.29) is 0 Å². The van der Waals surface area contributed by atoms with Crippen molar-refractivity contribution in [3.63, 3.8) is 0 Å². The summed E-state index contributed by atoms with van der Waals surface area (Å²) < 4.78 is 11.1. The third-order valence-corrected chi connectivity index (χ3v) is 3.58. The average molecular weight is 306 g/mol. The van der Waals surface area contributed by atoms with E-state index in [0.29, 0.717) is 17.5 Å². The number of rotatable bonds is 4. The molecule has 2 rings (SSSR count). The van der Waals surface area contributed by atoms with Crippen LogP contribution in [0.5, 0.6) is 5.75 Å². The van der Waals surface area contributed by atoms with Gasteiger partial charge >= 0.3 is 0 Å². The molecule has 0 saturated carbocycles. The molecule has 1 saturated heterocycles. The maximum absolute atomic E-state index is 6.12. The lowest BCUT2D eigenvalue weighted by molar-refractivity contribution is 0.167. The predicted octanol–water partition coefficient (Wildman–Crippen LogP) is 3.65. The van der Waals surface area contributed by atoms with Crippen LogP contribution in [0, 0.1) is 5.92 Å². The highest BCUT2D eigenvalue weighted by molar-refractivity contribution is 9.08. The van der Waals surface area contributed by atoms with Gasteiger partial charge in [-0.3, -0.25) is 0 Å². The lowest BCUT2D eigenvalue weighted by Crippen LogP contribution is -2.12. The third kappa shape index (κ3) is 2.90. The van der Waals surface area contributed by atoms with Crippen molar-refractivity contribution in [2.24, 2.45) is 5.92 Å². The summed E-state index contributed by atoms with van der Waals surface area (Å²) in [6.45, 7) is 2.33. The smallest absolute Gasteiger partial charge is 0.141 e. The summed E-state index contributed by atoms with van der Waals surface area (Å²) >= 11 is 9.55. The van der Waals surface area contributed by atoms with Crippen LogP contribution < -0.4 is 4.74 Å². The van der Waals surface area contributed by atoms with E-state index in [1.54, 1.807) is 0 Å². The highest BCUT2D eigenvalue weighted by atomic mass is 79.9. The quantitative estimate of drug-likeness (QED) is 0.791. The molecule has 0 radical (unpaired) electrons. The maximum atomic E-state index is 6.12. The highest BCUT2D eigenvalue weighted by Gasteiger charge is 2.17. The standard InChI is InChI=1S/C12H14BrClO2/c13-6-10-2-1-3-11(14)12(10)16-8-9-4-5-15-7-9/h1-3,9H,4-8H2. The number of ether oxygens (including phenoxy) is 2. The van der Waals surface area contributed by atoms with Gasteiger partial charge in [-0.05, 0) is 12.5 Å². The first-order chi connectivity index (χ1) is 7.81. The zero-order valence-corrected chi connectivity index (χ0v) is 11.3. The van der Waals surface area contributed by atoms with Crippen LogP contribution in [0.4, 0.5) is 0 Å². The summed E-state index contributed by atoms with van der Waals surface area (Å²) in [5.41, 5.74) is 1.09. The Bertz CT molecular complexity index is 351. The SMILES string of the molecule is Clc1cccc(CBr)c1OCC1CCOC1. The number of hydrogen-bond donors (Lipinski definition) is 0. The lowest BCUT2D eigenvalue weighted by Gasteiger charge is -2.14. The Morgan fingerprint density at radius 3 is 3.06 bits per heavy atom. The first-order valence-electron chi connectivity index (χ1n) is 5.35. The van der Waals surface area contributed by atoms with Crippen molar-refractivity contribution >= 4 is 27.5 Å². The van der Waals surface area contributed by atoms with Gasteiger partial charge in [-0.25, -0.2) is 0 Å². The van der Waals surface area contributed by atoms with Gasteiger partial charge in [0.15, 0.2) is 0 Å². The Kier molecular flexibility index (Phi) is 4.50. The van der Waals surface area contributed by atoms with E-state index in [2.05, 4.69) is 15.9 Å². The topological polar surface area (TPSA) is 18.5 Å². The average Bonchev–Trinajstić information content (AvgIpc) is 2.80. The van der Waals surface area contributed by atoms with Crippen molar-refractivity contribution < 1.29 is 9.47 Å². The molecule has 0 aliphatic carbocycles. The third-order valence-electron chi connectivity index (χ3n) is 2.68. The van der Waals surface area contributed by atoms with Gasteiger partial charge in [-0.1, -0.05) is 39.7 Å². The molecule has 0 N–H and O–H groups in total. The maximum Gasteiger partial charge on any atom is 0.141 e. The second kappa shape index (κ2) is 5.89. The molecule has 1 aliphatic rings. The molecule has 0 aromatic heterocycles. The zero-order chi connectivity index (χ0) is 11.4. The van der Waals surface area contributed by atoms with Crippen molar-refractivity contribution in [3.05, 3.63) is 28.8 Å². The predicted molar refractivity (Wildman–Crippen MR) is 68.5 cm³/mol. The van der Waals surface area contributed by atoms with Crippen molar-refractivity contribution in [1.82, 2.24) is 0 Å². The van der Waals surface area contributed by atoms with E-state index >= 15 is 0 Å². The molecule has 2 nitrogen and oxygen atoms in total. The highest BCUT2D eigenvalue weighted by Crippen LogP contribution is 2.31. The fourth-order valence-electron chi connectivity index (χ4n) is 1.74. The largest absolute Gasteiger partial charge is 0.491 e. The van der Waals surface area contributed by atoms with E-state index in [4.69, 9.17) is 21.1 Å². The molecule has 1 unspecified atom stereocenters. The number of halogens is 2. The first-order valence-corrected chi connectivity index (χ1v) is 6.85. The molecule has 0 spiro atoms. The van der Waals surface area contributed by atoms with E-state index in [9.17, 15) is 0 Å². The number of alkyl halides is 1. The summed E-state index contributed by atoms with van der Waals surface area (Å²) in [6, 6.07) is 5.81. The number of para-hydroxylation sites is 1. The molecule has 0 bridgehead atoms. The van der Waals surface area contributed by atoms with Crippen LogP contribution in [-0.2, 0) is 10.1 Å². The number of benzene rings is 1. The second-order valence-corrected chi connectivity index (χ2v) is 4.87. The van der Waals surface area contributed by atoms with Crippen LogP contribution in [0.2, 0.25) is 5.02 Å². The van der Waals surface area contributed by atoms with Gasteiger partial charge in [0.1, 0.15) is 5.75 Å². The van der Waals surface area contributed by atoms with Gasteiger partial charge in [0.05, 0.1) is 18.2 Å². The first kappa shape index (κ1) is 12.2. The Balaban J connectivity index is 2.01. The minimum absolute atomic E-state index is 0.499. The van der Waals surface area contributed by atoms with Crippen LogP contribution >= 0.6 is 27.5 Å². The summed E-state index contributed by atoms with van der Waals surface area (Å²) in [4.78, 5) is 0. The second-order valence-electron chi connectivity index (χ2n) is 3.90. The van der Waals surface area contributed by atoms with Gasteiger partial charge in [0.25, 0.3) is 0 Å². The molecular weight excluding hydrogens is 291 g/mol. The van der Waals surface area contributed by atoms with Crippen LogP contribution in [0.1, 0.15) is 12.0 Å². The Morgan fingerprint density at radius 2 is 2.38 bits per heavy atom. The van der Waals surface area contributed by atoms with Crippen molar-refractivity contribution in [3.8, 4) is 5.75 Å². The fourth-order valence-corrected chi connectivity index (χ4v) is 2.43. The molecule has 4 heteroatoms. The fraction of sp³-hybridized carbons (Fsp3) is 0.500. The minimum Gasteiger partial charge on any atom is -0.491 e. The lowest BCUT2D eigenvalue weighted by atomic mass is 10.1. The summed E-state index contributed by atoms with van der Waals surface area (Å²) in [7, 11) is 0. The zero-order valence-electron chi connectivity index (χ0n) is 8.92. The molecule has 0 amide bonds. The van der Waals surface area contributed by atoms with E-state index in [0.717, 1.165) is 36.3 Å². The Labute approximate surface area is 109 Å². The molecule has 1 heterocycles. The number of hydrogen-bond acceptors (Lipinski definition) is 2. The Hall–Kier alpha value is -0.250. The molecule has 16 heavy (non-hydrogen) atoms. The summed E-state index contributed by atoms with van der Waals surface area (Å²) in [6.07, 6.45) is 1.08. The summed E-state index contributed by atoms with van der Waals surface area (Å²) in [5.74, 6) is 1.30. The van der Waals surface area contributed by atoms with E-state index in [1.165, 1.54) is 0 Å². The van der Waals surface area contributed by atoms with Crippen LogP contribution in [0.15, 0.2) is 18.2 Å². The van der Waals surface area contributed by atoms with E-state index < -0.39 is 0 Å². The molecule has 1 aromatic carbocycles. The van der Waals surface area contributed by atoms with Crippen LogP contribution in [-0.4, -0.2) is 19.8 Å².